The third kappa shape index (κ3) is 18.4. The van der Waals surface area contributed by atoms with Crippen LogP contribution in [0.15, 0.2) is 344 Å². The molecule has 13 rings (SSSR count). The molecule has 0 atom stereocenters. The molecule has 2 aliphatic rings. The molecule has 0 amide bonds. The highest BCUT2D eigenvalue weighted by atomic mass is 15.3. The van der Waals surface area contributed by atoms with Crippen molar-refractivity contribution < 1.29 is 0 Å². The van der Waals surface area contributed by atoms with Crippen LogP contribution in [0.3, 0.4) is 0 Å². The molecule has 8 bridgehead atoms. The molecule has 0 fully saturated rings. The molecule has 2 N–H and O–H groups in total. The molecule has 2 aliphatic heterocycles. The summed E-state index contributed by atoms with van der Waals surface area (Å²) in [5, 5.41) is 0. The van der Waals surface area contributed by atoms with Crippen LogP contribution in [0.2, 0.25) is 0 Å². The van der Waals surface area contributed by atoms with E-state index in [-0.39, 0.29) is 0 Å². The van der Waals surface area contributed by atoms with Gasteiger partial charge in [0.05, 0.1) is 0 Å². The summed E-state index contributed by atoms with van der Waals surface area (Å²) in [6.45, 7) is 42.4. The second-order valence-corrected chi connectivity index (χ2v) is 27.6. The van der Waals surface area contributed by atoms with Gasteiger partial charge < -0.3 is 49.2 Å². The van der Waals surface area contributed by atoms with Crippen LogP contribution in [-0.2, 0) is 52.4 Å². The Balaban J connectivity index is 1.30. The molecular formula is C96H98N16. The standard InChI is InChI=1S/C96H98N16/c1-9-57-105(65-73-41-25-17-26-42-73)81-82(106(58-10-2)66-74-43-27-18-28-44-74)90-97-89(81)101-91-83(107(59-11-3)67-75-45-29-19-30-46-75)84(108(60-12-4)68-76-47-31-20-32-48-76)93(98-91)103-95-87(111(63-15-7)71-79-53-37-23-38-54-79)88(112(64-16-8)72-80-55-39-24-40-56-80)96(100-95)104-94-86(110(62-14-6)70-78-51-35-22-36-52-78)85(92(99-94)102-90)109(61-13-5)69-77-49-33-21-34-50-77/h9-56H,1-8,57-72H2,(H2,97,98,99,100,101,102,103,104). The highest BCUT2D eigenvalue weighted by molar-refractivity contribution is 5.99. The Morgan fingerprint density at radius 3 is 0.491 bits per heavy atom. The number of hydrogen-bond acceptors (Lipinski definition) is 14. The predicted molar refractivity (Wildman–Crippen MR) is 465 cm³/mol. The number of hydrogen-bond donors (Lipinski definition) is 2. The van der Waals surface area contributed by atoms with Crippen LogP contribution in [0.1, 0.15) is 67.8 Å². The second kappa shape index (κ2) is 38.0. The summed E-state index contributed by atoms with van der Waals surface area (Å²) in [7, 11) is 0. The molecule has 0 unspecified atom stereocenters. The van der Waals surface area contributed by atoms with E-state index in [2.05, 4.69) is 296 Å². The van der Waals surface area contributed by atoms with Gasteiger partial charge in [-0.25, -0.2) is 29.9 Å². The van der Waals surface area contributed by atoms with Gasteiger partial charge >= 0.3 is 0 Å². The summed E-state index contributed by atoms with van der Waals surface area (Å²) in [4.78, 5) is 63.0. The Bertz CT molecular complexity index is 4620. The van der Waals surface area contributed by atoms with Gasteiger partial charge in [-0.3, -0.25) is 0 Å². The maximum atomic E-state index is 6.12. The van der Waals surface area contributed by atoms with E-state index in [1.807, 2.05) is 97.1 Å². The van der Waals surface area contributed by atoms with E-state index in [4.69, 9.17) is 29.9 Å². The van der Waals surface area contributed by atoms with E-state index in [9.17, 15) is 0 Å². The number of H-pyrrole nitrogens is 2. The summed E-state index contributed by atoms with van der Waals surface area (Å²) in [5.74, 6) is 1.55. The van der Waals surface area contributed by atoms with Gasteiger partial charge in [0.15, 0.2) is 45.9 Å². The average molecular weight is 1480 g/mol. The quantitative estimate of drug-likeness (QED) is 0.0353. The minimum Gasteiger partial charge on any atom is -0.359 e. The fraction of sp³-hybridized carbons (Fsp3) is 0.167. The highest BCUT2D eigenvalue weighted by Crippen LogP contribution is 2.45. The van der Waals surface area contributed by atoms with Crippen molar-refractivity contribution in [1.29, 1.82) is 0 Å². The fourth-order valence-electron chi connectivity index (χ4n) is 14.7. The molecule has 11 aromatic rings. The molecular weight excluding hydrogens is 1380 g/mol. The topological polar surface area (TPSA) is 135 Å². The monoisotopic (exact) mass is 1470 g/mol. The van der Waals surface area contributed by atoms with Crippen molar-refractivity contribution in [2.75, 3.05) is 72.0 Å². The molecule has 16 heteroatoms. The molecule has 0 spiro atoms. The zero-order valence-electron chi connectivity index (χ0n) is 63.9. The number of aromatic amines is 2. The van der Waals surface area contributed by atoms with Crippen molar-refractivity contribution >= 4 is 68.1 Å². The first kappa shape index (κ1) is 76.6. The molecule has 0 saturated carbocycles. The molecule has 0 aliphatic carbocycles. The van der Waals surface area contributed by atoms with Crippen molar-refractivity contribution in [2.24, 2.45) is 0 Å². The van der Waals surface area contributed by atoms with Gasteiger partial charge in [-0.2, -0.15) is 0 Å². The van der Waals surface area contributed by atoms with Gasteiger partial charge in [-0.1, -0.05) is 291 Å². The zero-order chi connectivity index (χ0) is 77.4. The molecule has 112 heavy (non-hydrogen) atoms. The number of anilines is 4. The van der Waals surface area contributed by atoms with E-state index >= 15 is 0 Å². The van der Waals surface area contributed by atoms with E-state index in [1.54, 1.807) is 0 Å². The predicted octanol–water partition coefficient (Wildman–Crippen LogP) is 19.1. The molecule has 0 saturated heterocycles. The van der Waals surface area contributed by atoms with Crippen LogP contribution in [0.4, 0.5) is 22.7 Å². The van der Waals surface area contributed by atoms with Crippen LogP contribution in [0, 0.1) is 0 Å². The smallest absolute Gasteiger partial charge is 0.182 e. The maximum absolute atomic E-state index is 6.12. The number of benzene rings is 8. The van der Waals surface area contributed by atoms with Crippen LogP contribution < -0.4 is 19.6 Å². The summed E-state index contributed by atoms with van der Waals surface area (Å²) >= 11 is 0. The van der Waals surface area contributed by atoms with E-state index in [0.29, 0.717) is 173 Å². The fourth-order valence-corrected chi connectivity index (χ4v) is 14.7. The molecule has 16 nitrogen and oxygen atoms in total. The van der Waals surface area contributed by atoms with E-state index in [1.165, 1.54) is 0 Å². The number of fused-ring (bicyclic) bond motifs is 8. The van der Waals surface area contributed by atoms with Gasteiger partial charge in [-0.15, -0.1) is 52.6 Å². The highest BCUT2D eigenvalue weighted by Gasteiger charge is 2.37. The summed E-state index contributed by atoms with van der Waals surface area (Å²) in [5.41, 5.74) is 16.3. The number of rotatable bonds is 40. The van der Waals surface area contributed by atoms with Crippen LogP contribution in [-0.4, -0.2) is 112 Å². The Labute approximate surface area is 659 Å². The first-order valence-corrected chi connectivity index (χ1v) is 38.2. The molecule has 8 aromatic carbocycles. The Morgan fingerprint density at radius 2 is 0.339 bits per heavy atom. The lowest BCUT2D eigenvalue weighted by Crippen LogP contribution is -2.29. The number of nitrogens with zero attached hydrogens (tertiary/aromatic N) is 14. The van der Waals surface area contributed by atoms with Crippen LogP contribution in [0.25, 0.3) is 45.4 Å². The Hall–Kier alpha value is -13.6. The lowest BCUT2D eigenvalue weighted by molar-refractivity contribution is 0.402. The van der Waals surface area contributed by atoms with Crippen molar-refractivity contribution in [2.45, 2.75) is 52.4 Å². The zero-order valence-corrected chi connectivity index (χ0v) is 63.9. The molecule has 5 heterocycles. The molecule has 3 aromatic heterocycles. The van der Waals surface area contributed by atoms with Gasteiger partial charge in [0, 0.05) is 105 Å². The second-order valence-electron chi connectivity index (χ2n) is 27.6. The van der Waals surface area contributed by atoms with E-state index in [0.717, 1.165) is 67.3 Å². The first-order valence-electron chi connectivity index (χ1n) is 38.2. The Kier molecular flexibility index (Phi) is 26.0. The van der Waals surface area contributed by atoms with Gasteiger partial charge in [0.1, 0.15) is 45.5 Å². The van der Waals surface area contributed by atoms with Crippen molar-refractivity contribution in [3.8, 4) is 0 Å². The number of aromatic nitrogens is 8. The lowest BCUT2D eigenvalue weighted by Gasteiger charge is -2.31. The van der Waals surface area contributed by atoms with Gasteiger partial charge in [-0.05, 0) is 44.5 Å². The third-order valence-electron chi connectivity index (χ3n) is 19.5. The minimum atomic E-state index is 0.387. The summed E-state index contributed by atoms with van der Waals surface area (Å²) in [6, 6.07) is 84.1. The normalized spacial score (nSPS) is 11.6. The van der Waals surface area contributed by atoms with E-state index < -0.39 is 0 Å². The van der Waals surface area contributed by atoms with Crippen LogP contribution >= 0.6 is 0 Å². The Morgan fingerprint density at radius 1 is 0.196 bits per heavy atom. The van der Waals surface area contributed by atoms with Gasteiger partial charge in [0.25, 0.3) is 0 Å². The van der Waals surface area contributed by atoms with Crippen molar-refractivity contribution in [3.05, 3.63) is 412 Å². The molecule has 0 radical (unpaired) electrons. The van der Waals surface area contributed by atoms with Crippen molar-refractivity contribution in [1.82, 2.24) is 59.5 Å². The molecule has 562 valence electrons. The summed E-state index contributed by atoms with van der Waals surface area (Å²) in [6.07, 6.45) is 15.6. The summed E-state index contributed by atoms with van der Waals surface area (Å²) < 4.78 is 0. The SMILES string of the molecule is C=CCN(Cc1ccccc1)C1=C(N(CC=C)Cc2ccccc2)c2nc1nc1[nH]c(nc3nc(nc4[nH]c(n2)c(N(CC=C)Cc2ccccc2)c4N(CC=C)Cc2ccccc2)C(N(CC=C)Cc2ccccc2)=C3N(CC=C)Cc2ccccc2)c(N(CC=C)Cc2ccccc2)c1N(CC=C)Cc1ccccc1. The average Bonchev–Trinajstić information content (AvgIpc) is 1.57. The minimum absolute atomic E-state index is 0.387. The van der Waals surface area contributed by atoms with Gasteiger partial charge in [0.2, 0.25) is 0 Å². The first-order chi connectivity index (χ1) is 55.2. The van der Waals surface area contributed by atoms with Crippen LogP contribution in [0.5, 0.6) is 0 Å². The number of nitrogens with one attached hydrogen (secondary N) is 2. The van der Waals surface area contributed by atoms with Crippen molar-refractivity contribution in [3.63, 3.8) is 0 Å². The largest absolute Gasteiger partial charge is 0.359 e. The lowest BCUT2D eigenvalue weighted by atomic mass is 10.1. The third-order valence-corrected chi connectivity index (χ3v) is 19.5. The maximum Gasteiger partial charge on any atom is 0.182 e.